The van der Waals surface area contributed by atoms with Gasteiger partial charge in [0.15, 0.2) is 0 Å². The molecule has 0 spiro atoms. The predicted octanol–water partition coefficient (Wildman–Crippen LogP) is 5.65. The highest BCUT2D eigenvalue weighted by Gasteiger charge is 2.31. The van der Waals surface area contributed by atoms with Gasteiger partial charge < -0.3 is 0 Å². The van der Waals surface area contributed by atoms with Crippen LogP contribution in [0.5, 0.6) is 0 Å². The van der Waals surface area contributed by atoms with Gasteiger partial charge >= 0.3 is 0 Å². The highest BCUT2D eigenvalue weighted by atomic mass is 14.3. The van der Waals surface area contributed by atoms with E-state index in [0.29, 0.717) is 0 Å². The van der Waals surface area contributed by atoms with E-state index in [0.717, 1.165) is 6.42 Å². The molecule has 1 radical (unpaired) electrons. The molecular formula is C21H25. The van der Waals surface area contributed by atoms with Gasteiger partial charge in [-0.1, -0.05) is 71.9 Å². The minimum atomic E-state index is 0.165. The van der Waals surface area contributed by atoms with Crippen molar-refractivity contribution in [1.82, 2.24) is 0 Å². The molecule has 0 heterocycles. The average molecular weight is 277 g/mol. The zero-order chi connectivity index (χ0) is 15.4. The van der Waals surface area contributed by atoms with Crippen LogP contribution in [0.2, 0.25) is 0 Å². The third-order valence-electron chi connectivity index (χ3n) is 4.49. The Labute approximate surface area is 129 Å². The monoisotopic (exact) mass is 277 g/mol. The molecule has 1 aliphatic carbocycles. The summed E-state index contributed by atoms with van der Waals surface area (Å²) in [6.07, 6.45) is 1.03. The van der Waals surface area contributed by atoms with Crippen molar-refractivity contribution in [3.05, 3.63) is 58.7 Å². The molecule has 2 aromatic carbocycles. The van der Waals surface area contributed by atoms with Crippen LogP contribution in [0.4, 0.5) is 0 Å². The first-order valence-corrected chi connectivity index (χ1v) is 7.86. The van der Waals surface area contributed by atoms with Crippen LogP contribution in [-0.4, -0.2) is 0 Å². The Morgan fingerprint density at radius 2 is 1.48 bits per heavy atom. The molecule has 2 aromatic rings. The van der Waals surface area contributed by atoms with Crippen LogP contribution in [0.1, 0.15) is 63.8 Å². The molecule has 0 aromatic heterocycles. The fourth-order valence-electron chi connectivity index (χ4n) is 3.50. The van der Waals surface area contributed by atoms with Crippen molar-refractivity contribution in [1.29, 1.82) is 0 Å². The molecule has 0 saturated carbocycles. The van der Waals surface area contributed by atoms with Crippen molar-refractivity contribution in [2.24, 2.45) is 0 Å². The average Bonchev–Trinajstić information content (AvgIpc) is 2.74. The van der Waals surface area contributed by atoms with E-state index < -0.39 is 0 Å². The molecule has 1 aliphatic rings. The zero-order valence-electron chi connectivity index (χ0n) is 14.1. The maximum atomic E-state index is 3.45. The Hall–Kier alpha value is -1.56. The number of rotatable bonds is 0. The fraction of sp³-hybridized carbons (Fsp3) is 0.429. The van der Waals surface area contributed by atoms with Crippen LogP contribution in [0.15, 0.2) is 30.3 Å². The summed E-state index contributed by atoms with van der Waals surface area (Å²) >= 11 is 0. The van der Waals surface area contributed by atoms with Crippen molar-refractivity contribution in [2.75, 3.05) is 0 Å². The lowest BCUT2D eigenvalue weighted by Crippen LogP contribution is -2.18. The van der Waals surface area contributed by atoms with Gasteiger partial charge in [0.1, 0.15) is 0 Å². The van der Waals surface area contributed by atoms with E-state index in [4.69, 9.17) is 0 Å². The summed E-state index contributed by atoms with van der Waals surface area (Å²) in [5.41, 5.74) is 9.03. The SMILES string of the molecule is CC(C)(C)c1ccc(C(C)(C)C)c2c1Cc1[c]cccc1-2. The first-order valence-electron chi connectivity index (χ1n) is 7.86. The topological polar surface area (TPSA) is 0 Å². The highest BCUT2D eigenvalue weighted by molar-refractivity contribution is 5.81. The smallest absolute Gasteiger partial charge is 0.000423 e. The molecular weight excluding hydrogens is 252 g/mol. The Morgan fingerprint density at radius 1 is 0.857 bits per heavy atom. The zero-order valence-corrected chi connectivity index (χ0v) is 14.1. The molecule has 0 nitrogen and oxygen atoms in total. The second-order valence-electron chi connectivity index (χ2n) is 8.25. The Kier molecular flexibility index (Phi) is 3.06. The maximum absolute atomic E-state index is 3.45. The summed E-state index contributed by atoms with van der Waals surface area (Å²) in [6, 6.07) is 14.6. The van der Waals surface area contributed by atoms with Gasteiger partial charge in [0.25, 0.3) is 0 Å². The third kappa shape index (κ3) is 2.31. The van der Waals surface area contributed by atoms with Crippen molar-refractivity contribution in [3.8, 4) is 11.1 Å². The van der Waals surface area contributed by atoms with E-state index >= 15 is 0 Å². The van der Waals surface area contributed by atoms with Gasteiger partial charge in [-0.15, -0.1) is 0 Å². The third-order valence-corrected chi connectivity index (χ3v) is 4.49. The quantitative estimate of drug-likeness (QED) is 0.498. The lowest BCUT2D eigenvalue weighted by Gasteiger charge is -2.28. The van der Waals surface area contributed by atoms with Crippen molar-refractivity contribution in [3.63, 3.8) is 0 Å². The van der Waals surface area contributed by atoms with Crippen molar-refractivity contribution in [2.45, 2.75) is 58.8 Å². The van der Waals surface area contributed by atoms with E-state index in [-0.39, 0.29) is 10.8 Å². The van der Waals surface area contributed by atoms with Gasteiger partial charge in [-0.25, -0.2) is 0 Å². The van der Waals surface area contributed by atoms with Gasteiger partial charge in [0.2, 0.25) is 0 Å². The Balaban J connectivity index is 2.35. The molecule has 0 fully saturated rings. The van der Waals surface area contributed by atoms with Crippen LogP contribution in [0.3, 0.4) is 0 Å². The van der Waals surface area contributed by atoms with Gasteiger partial charge in [0.05, 0.1) is 0 Å². The van der Waals surface area contributed by atoms with Crippen LogP contribution < -0.4 is 0 Å². The second-order valence-corrected chi connectivity index (χ2v) is 8.25. The minimum absolute atomic E-state index is 0.165. The molecule has 0 atom stereocenters. The Morgan fingerprint density at radius 3 is 2.10 bits per heavy atom. The molecule has 0 N–H and O–H groups in total. The van der Waals surface area contributed by atoms with E-state index in [1.54, 1.807) is 0 Å². The number of hydrogen-bond donors (Lipinski definition) is 0. The summed E-state index contributed by atoms with van der Waals surface area (Å²) < 4.78 is 0. The van der Waals surface area contributed by atoms with Gasteiger partial charge in [-0.2, -0.15) is 0 Å². The van der Waals surface area contributed by atoms with Crippen LogP contribution >= 0.6 is 0 Å². The maximum Gasteiger partial charge on any atom is -0.000423 e. The summed E-state index contributed by atoms with van der Waals surface area (Å²) in [7, 11) is 0. The number of hydrogen-bond acceptors (Lipinski definition) is 0. The molecule has 0 heteroatoms. The summed E-state index contributed by atoms with van der Waals surface area (Å²) in [4.78, 5) is 0. The molecule has 0 bridgehead atoms. The van der Waals surface area contributed by atoms with E-state index in [9.17, 15) is 0 Å². The summed E-state index contributed by atoms with van der Waals surface area (Å²) in [5, 5.41) is 0. The molecule has 0 unspecified atom stereocenters. The largest absolute Gasteiger partial charge is 0.0610 e. The van der Waals surface area contributed by atoms with Crippen LogP contribution in [-0.2, 0) is 17.3 Å². The van der Waals surface area contributed by atoms with Gasteiger partial charge in [0, 0.05) is 0 Å². The van der Waals surface area contributed by atoms with Crippen molar-refractivity contribution < 1.29 is 0 Å². The molecule has 0 aliphatic heterocycles. The highest BCUT2D eigenvalue weighted by Crippen LogP contribution is 2.46. The van der Waals surface area contributed by atoms with E-state index in [1.165, 1.54) is 33.4 Å². The summed E-state index contributed by atoms with van der Waals surface area (Å²) in [6.45, 7) is 13.9. The summed E-state index contributed by atoms with van der Waals surface area (Å²) in [5.74, 6) is 0. The normalized spacial score (nSPS) is 14.0. The molecule has 109 valence electrons. The standard InChI is InChI=1S/C21H25/c1-20(2,3)17-11-12-18(21(4,5)6)19-15-10-8-7-9-14(15)13-16(17)19/h7-8,10-12H,13H2,1-6H3. The first-order chi connectivity index (χ1) is 9.69. The lowest BCUT2D eigenvalue weighted by molar-refractivity contribution is 0.574. The van der Waals surface area contributed by atoms with Crippen molar-refractivity contribution >= 4 is 0 Å². The second kappa shape index (κ2) is 4.47. The van der Waals surface area contributed by atoms with E-state index in [1.807, 2.05) is 6.07 Å². The fourth-order valence-corrected chi connectivity index (χ4v) is 3.50. The Bertz CT molecular complexity index is 691. The first kappa shape index (κ1) is 14.4. The minimum Gasteiger partial charge on any atom is -0.0610 e. The molecule has 0 saturated heterocycles. The van der Waals surface area contributed by atoms with E-state index in [2.05, 4.69) is 71.9 Å². The van der Waals surface area contributed by atoms with Gasteiger partial charge in [-0.3, -0.25) is 0 Å². The molecule has 0 amide bonds. The van der Waals surface area contributed by atoms with Crippen LogP contribution in [0, 0.1) is 6.07 Å². The predicted molar refractivity (Wildman–Crippen MR) is 90.9 cm³/mol. The lowest BCUT2D eigenvalue weighted by atomic mass is 9.76. The number of fused-ring (bicyclic) bond motifs is 3. The molecule has 21 heavy (non-hydrogen) atoms. The number of benzene rings is 2. The molecule has 3 rings (SSSR count). The van der Waals surface area contributed by atoms with Crippen LogP contribution in [0.25, 0.3) is 11.1 Å². The van der Waals surface area contributed by atoms with Gasteiger partial charge in [-0.05, 0) is 56.7 Å².